The number of anilines is 2. The maximum atomic E-state index is 15.0. The number of fused-ring (bicyclic) bond motifs is 3. The lowest BCUT2D eigenvalue weighted by atomic mass is 9.99. The highest BCUT2D eigenvalue weighted by Crippen LogP contribution is 2.46. The molecule has 2 fully saturated rings. The summed E-state index contributed by atoms with van der Waals surface area (Å²) >= 11 is 0. The van der Waals surface area contributed by atoms with Crippen LogP contribution in [0.3, 0.4) is 0 Å². The van der Waals surface area contributed by atoms with Crippen molar-refractivity contribution in [3.05, 3.63) is 70.7 Å². The summed E-state index contributed by atoms with van der Waals surface area (Å²) in [6.45, 7) is 4.37. The van der Waals surface area contributed by atoms with Crippen LogP contribution < -0.4 is 15.0 Å². The number of hydrogen-bond donors (Lipinski definition) is 1. The summed E-state index contributed by atoms with van der Waals surface area (Å²) in [4.78, 5) is 67.8. The van der Waals surface area contributed by atoms with Gasteiger partial charge < -0.3 is 19.3 Å². The van der Waals surface area contributed by atoms with Crippen molar-refractivity contribution in [2.24, 2.45) is 0 Å². The number of hydrogen-bond acceptors (Lipinski definition) is 10. The van der Waals surface area contributed by atoms with Gasteiger partial charge in [0.25, 0.3) is 18.2 Å². The van der Waals surface area contributed by atoms with Crippen LogP contribution in [0.5, 0.6) is 5.75 Å². The minimum absolute atomic E-state index is 0.000338. The van der Waals surface area contributed by atoms with Crippen molar-refractivity contribution in [2.45, 2.75) is 64.1 Å². The molecule has 5 aliphatic rings. The maximum absolute atomic E-state index is 15.0. The Hall–Kier alpha value is -5.97. The predicted octanol–water partition coefficient (Wildman–Crippen LogP) is 3.86. The fourth-order valence-electron chi connectivity index (χ4n) is 8.28. The van der Waals surface area contributed by atoms with Gasteiger partial charge >= 0.3 is 0 Å². The minimum Gasteiger partial charge on any atom is -0.490 e. The van der Waals surface area contributed by atoms with Gasteiger partial charge in [-0.15, -0.1) is 0 Å². The molecule has 284 valence electrons. The lowest BCUT2D eigenvalue weighted by Crippen LogP contribution is -2.54. The molecule has 5 aliphatic heterocycles. The van der Waals surface area contributed by atoms with Crippen LogP contribution >= 0.6 is 0 Å². The van der Waals surface area contributed by atoms with Gasteiger partial charge in [-0.05, 0) is 55.2 Å². The van der Waals surface area contributed by atoms with Crippen LogP contribution in [0.1, 0.15) is 82.6 Å². The molecular weight excluding hydrogens is 718 g/mol. The summed E-state index contributed by atoms with van der Waals surface area (Å²) in [5, 5.41) is 11.7. The number of halogens is 2. The second-order valence-electron chi connectivity index (χ2n) is 14.3. The third-order valence-corrected chi connectivity index (χ3v) is 11.1. The molecular formula is C38H36F2N8O7. The number of rotatable bonds is 6. The van der Waals surface area contributed by atoms with E-state index < -0.39 is 36.1 Å². The zero-order valence-corrected chi connectivity index (χ0v) is 29.8. The van der Waals surface area contributed by atoms with Gasteiger partial charge in [-0.25, -0.2) is 13.5 Å². The molecule has 1 unspecified atom stereocenters. The van der Waals surface area contributed by atoms with Crippen LogP contribution in [0.15, 0.2) is 42.7 Å². The predicted molar refractivity (Wildman–Crippen MR) is 189 cm³/mol. The topological polar surface area (TPSA) is 161 Å². The van der Waals surface area contributed by atoms with Crippen LogP contribution in [0, 0.1) is 0 Å². The van der Waals surface area contributed by atoms with E-state index in [0.717, 1.165) is 29.0 Å². The summed E-state index contributed by atoms with van der Waals surface area (Å²) in [6, 6.07) is 6.53. The first-order valence-corrected chi connectivity index (χ1v) is 18.3. The Morgan fingerprint density at radius 3 is 2.51 bits per heavy atom. The lowest BCUT2D eigenvalue weighted by molar-refractivity contribution is -0.136. The monoisotopic (exact) mass is 754 g/mol. The van der Waals surface area contributed by atoms with Crippen molar-refractivity contribution in [3.63, 3.8) is 0 Å². The standard InChI is InChI=1S/C38H36F2N8O7/c1-20(49)44-9-6-29-28(19-44)35(43-48(29)22-7-11-54-12-8-22)45-10-13-55-32-16-25(26(34(39)40)15-31(32)45)21-17-41-46(18-21)23-2-3-24-27(14-23)38(53)47(37(24)52)30-4-5-33(50)42-36(30)51/h2-3,14-18,22,30,34H,4-13,19H2,1H3,(H,42,50,51). The zero-order valence-electron chi connectivity index (χ0n) is 29.8. The Morgan fingerprint density at radius 2 is 1.75 bits per heavy atom. The number of imide groups is 2. The molecule has 1 N–H and O–H groups in total. The normalized spacial score (nSPS) is 20.1. The molecule has 2 aromatic heterocycles. The number of carbonyl (C=O) groups is 5. The number of amides is 5. The highest BCUT2D eigenvalue weighted by Gasteiger charge is 2.45. The molecule has 1 atom stereocenters. The third kappa shape index (κ3) is 5.84. The van der Waals surface area contributed by atoms with Crippen molar-refractivity contribution in [2.75, 3.05) is 37.8 Å². The summed E-state index contributed by atoms with van der Waals surface area (Å²) in [7, 11) is 0. The summed E-state index contributed by atoms with van der Waals surface area (Å²) in [5.41, 5.74) is 3.28. The molecule has 2 saturated heterocycles. The van der Waals surface area contributed by atoms with Crippen LogP contribution in [0.25, 0.3) is 16.8 Å². The molecule has 0 saturated carbocycles. The van der Waals surface area contributed by atoms with Gasteiger partial charge in [-0.2, -0.15) is 10.2 Å². The van der Waals surface area contributed by atoms with Crippen molar-refractivity contribution in [1.29, 1.82) is 0 Å². The third-order valence-electron chi connectivity index (χ3n) is 11.1. The molecule has 7 heterocycles. The molecule has 2 aromatic carbocycles. The van der Waals surface area contributed by atoms with Crippen molar-refractivity contribution >= 4 is 41.0 Å². The van der Waals surface area contributed by atoms with Crippen molar-refractivity contribution in [3.8, 4) is 22.6 Å². The molecule has 0 radical (unpaired) electrons. The van der Waals surface area contributed by atoms with Gasteiger partial charge in [0.1, 0.15) is 18.4 Å². The average molecular weight is 755 g/mol. The van der Waals surface area contributed by atoms with E-state index in [1.54, 1.807) is 30.2 Å². The number of nitrogens with one attached hydrogen (secondary N) is 1. The van der Waals surface area contributed by atoms with Crippen molar-refractivity contribution in [1.82, 2.24) is 34.7 Å². The number of alkyl halides is 2. The summed E-state index contributed by atoms with van der Waals surface area (Å²) in [5.74, 6) is -1.52. The maximum Gasteiger partial charge on any atom is 0.264 e. The first-order valence-electron chi connectivity index (χ1n) is 18.3. The second kappa shape index (κ2) is 13.4. The first kappa shape index (κ1) is 34.8. The quantitative estimate of drug-likeness (QED) is 0.287. The second-order valence-corrected chi connectivity index (χ2v) is 14.3. The number of benzene rings is 2. The van der Waals surface area contributed by atoms with E-state index in [2.05, 4.69) is 15.1 Å². The molecule has 0 bridgehead atoms. The molecule has 0 spiro atoms. The van der Waals surface area contributed by atoms with Crippen LogP contribution in [-0.4, -0.2) is 97.8 Å². The van der Waals surface area contributed by atoms with Crippen LogP contribution in [0.2, 0.25) is 0 Å². The van der Waals surface area contributed by atoms with E-state index in [-0.39, 0.29) is 53.7 Å². The minimum atomic E-state index is -2.86. The number of aromatic nitrogens is 4. The van der Waals surface area contributed by atoms with E-state index in [0.29, 0.717) is 67.8 Å². The molecule has 0 aliphatic carbocycles. The Bertz CT molecular complexity index is 2300. The van der Waals surface area contributed by atoms with E-state index in [1.165, 1.54) is 29.1 Å². The van der Waals surface area contributed by atoms with Gasteiger partial charge in [-0.3, -0.25) is 38.9 Å². The number of nitrogens with zero attached hydrogens (tertiary/aromatic N) is 7. The molecule has 5 amide bonds. The SMILES string of the molecule is CC(=O)N1CCc2c(c(N3CCOc4cc(-c5cnn(-c6ccc7c(c6)C(=O)N(C6CCC(=O)NC6=O)C7=O)c5)c(C(F)F)cc43)nn2C2CCOCC2)C1. The van der Waals surface area contributed by atoms with E-state index >= 15 is 0 Å². The Morgan fingerprint density at radius 1 is 0.945 bits per heavy atom. The number of carbonyl (C=O) groups excluding carboxylic acids is 5. The Labute approximate surface area is 312 Å². The van der Waals surface area contributed by atoms with Gasteiger partial charge in [0.05, 0.1) is 47.8 Å². The highest BCUT2D eigenvalue weighted by atomic mass is 19.3. The first-order chi connectivity index (χ1) is 26.6. The number of piperidine rings is 1. The Balaban J connectivity index is 1.05. The van der Waals surface area contributed by atoms with E-state index in [1.807, 2.05) is 4.90 Å². The van der Waals surface area contributed by atoms with Gasteiger partial charge in [-0.1, -0.05) is 0 Å². The molecule has 4 aromatic rings. The highest BCUT2D eigenvalue weighted by molar-refractivity contribution is 6.23. The zero-order chi connectivity index (χ0) is 38.1. The van der Waals surface area contributed by atoms with E-state index in [9.17, 15) is 32.8 Å². The van der Waals surface area contributed by atoms with Gasteiger partial charge in [0, 0.05) is 68.1 Å². The van der Waals surface area contributed by atoms with Crippen LogP contribution in [-0.2, 0) is 32.1 Å². The smallest absolute Gasteiger partial charge is 0.264 e. The molecule has 55 heavy (non-hydrogen) atoms. The molecule has 9 rings (SSSR count). The lowest BCUT2D eigenvalue weighted by Gasteiger charge is -2.33. The van der Waals surface area contributed by atoms with E-state index in [4.69, 9.17) is 14.6 Å². The largest absolute Gasteiger partial charge is 0.490 e. The van der Waals surface area contributed by atoms with Gasteiger partial charge in [0.2, 0.25) is 17.7 Å². The molecule has 17 heteroatoms. The van der Waals surface area contributed by atoms with Crippen molar-refractivity contribution < 1.29 is 42.2 Å². The molecule has 15 nitrogen and oxygen atoms in total. The average Bonchev–Trinajstić information content (AvgIpc) is 3.89. The fraction of sp³-hybridized carbons (Fsp3) is 0.395. The van der Waals surface area contributed by atoms with Gasteiger partial charge in [0.15, 0.2) is 5.82 Å². The summed E-state index contributed by atoms with van der Waals surface area (Å²) in [6.07, 6.45) is 2.39. The Kier molecular flexibility index (Phi) is 8.47. The van der Waals surface area contributed by atoms with Crippen LogP contribution in [0.4, 0.5) is 20.3 Å². The number of ether oxygens (including phenoxy) is 2. The summed E-state index contributed by atoms with van der Waals surface area (Å²) < 4.78 is 45.1. The fourth-order valence-corrected chi connectivity index (χ4v) is 8.28.